The minimum atomic E-state index is -4.25. The Labute approximate surface area is 123 Å². The van der Waals surface area contributed by atoms with Crippen molar-refractivity contribution < 1.29 is 13.2 Å². The molecule has 0 aromatic heterocycles. The van der Waals surface area contributed by atoms with Gasteiger partial charge in [0.2, 0.25) is 0 Å². The van der Waals surface area contributed by atoms with Gasteiger partial charge in [0.25, 0.3) is 0 Å². The average Bonchev–Trinajstić information content (AvgIpc) is 2.29. The molecule has 1 aromatic carbocycles. The fraction of sp³-hybridized carbons (Fsp3) is 0.500. The van der Waals surface area contributed by atoms with E-state index in [1.165, 1.54) is 12.1 Å². The topological polar surface area (TPSA) is 0 Å². The van der Waals surface area contributed by atoms with Gasteiger partial charge in [0.1, 0.15) is 0 Å². The molecule has 0 saturated heterocycles. The monoisotopic (exact) mass is 402 g/mol. The van der Waals surface area contributed by atoms with Crippen molar-refractivity contribution in [2.75, 3.05) is 10.7 Å². The van der Waals surface area contributed by atoms with Gasteiger partial charge in [-0.2, -0.15) is 13.2 Å². The Morgan fingerprint density at radius 3 is 1.78 bits per heavy atom. The maximum atomic E-state index is 12.5. The van der Waals surface area contributed by atoms with Gasteiger partial charge >= 0.3 is 6.18 Å². The first-order valence-corrected chi connectivity index (χ1v) is 10.8. The van der Waals surface area contributed by atoms with Crippen LogP contribution in [0.15, 0.2) is 24.3 Å². The third kappa shape index (κ3) is 4.10. The molecule has 0 saturated carbocycles. The molecule has 0 amide bonds. The van der Waals surface area contributed by atoms with Crippen molar-refractivity contribution in [1.29, 1.82) is 0 Å². The summed E-state index contributed by atoms with van der Waals surface area (Å²) >= 11 is 6.88. The number of rotatable bonds is 5. The van der Waals surface area contributed by atoms with Crippen molar-refractivity contribution >= 4 is 45.1 Å². The van der Waals surface area contributed by atoms with E-state index >= 15 is 0 Å². The zero-order valence-electron chi connectivity index (χ0n) is 10.0. The summed E-state index contributed by atoms with van der Waals surface area (Å²) in [6.07, 6.45) is -4.25. The summed E-state index contributed by atoms with van der Waals surface area (Å²) in [5.41, 5.74) is -0.569. The SMILES string of the molecule is C[Si](CCBr)(CCBr)c1ccc(C(F)(F)F)cc1. The second kappa shape index (κ2) is 6.57. The van der Waals surface area contributed by atoms with Crippen molar-refractivity contribution in [3.05, 3.63) is 29.8 Å². The van der Waals surface area contributed by atoms with Crippen LogP contribution in [0, 0.1) is 0 Å². The third-order valence-corrected chi connectivity index (χ3v) is 9.89. The van der Waals surface area contributed by atoms with Crippen LogP contribution in [0.2, 0.25) is 18.6 Å². The molecule has 0 N–H and O–H groups in total. The third-order valence-electron chi connectivity index (χ3n) is 3.20. The second-order valence-electron chi connectivity index (χ2n) is 4.51. The molecular weight excluding hydrogens is 389 g/mol. The first-order valence-electron chi connectivity index (χ1n) is 5.63. The first kappa shape index (κ1) is 16.2. The fourth-order valence-corrected chi connectivity index (χ4v) is 9.78. The summed E-state index contributed by atoms with van der Waals surface area (Å²) in [7, 11) is -1.67. The summed E-state index contributed by atoms with van der Waals surface area (Å²) in [4.78, 5) is 0. The standard InChI is InChI=1S/C12H15Br2F3Si/c1-18(8-6-13,9-7-14)11-4-2-10(3-5-11)12(15,16)17/h2-5H,6-9H2,1H3. The fourth-order valence-electron chi connectivity index (χ4n) is 1.89. The number of halogens is 5. The molecular formula is C12H15Br2F3Si. The molecule has 0 spiro atoms. The van der Waals surface area contributed by atoms with E-state index in [4.69, 9.17) is 0 Å². The first-order chi connectivity index (χ1) is 8.33. The van der Waals surface area contributed by atoms with Gasteiger partial charge in [-0.15, -0.1) is 0 Å². The van der Waals surface area contributed by atoms with Crippen LogP contribution in [0.25, 0.3) is 0 Å². The molecule has 0 heterocycles. The highest BCUT2D eigenvalue weighted by molar-refractivity contribution is 9.09. The molecule has 102 valence electrons. The highest BCUT2D eigenvalue weighted by Crippen LogP contribution is 2.29. The van der Waals surface area contributed by atoms with Crippen LogP contribution < -0.4 is 5.19 Å². The van der Waals surface area contributed by atoms with Crippen molar-refractivity contribution in [3.8, 4) is 0 Å². The Balaban J connectivity index is 3.01. The summed E-state index contributed by atoms with van der Waals surface area (Å²) in [5, 5.41) is 2.88. The molecule has 6 heteroatoms. The summed E-state index contributed by atoms with van der Waals surface area (Å²) in [6, 6.07) is 7.76. The van der Waals surface area contributed by atoms with Crippen molar-refractivity contribution in [1.82, 2.24) is 0 Å². The van der Waals surface area contributed by atoms with E-state index in [2.05, 4.69) is 38.4 Å². The Hall–Kier alpha value is 0.187. The lowest BCUT2D eigenvalue weighted by molar-refractivity contribution is -0.137. The number of benzene rings is 1. The van der Waals surface area contributed by atoms with E-state index in [1.807, 2.05) is 0 Å². The lowest BCUT2D eigenvalue weighted by atomic mass is 10.2. The van der Waals surface area contributed by atoms with Crippen LogP contribution in [-0.4, -0.2) is 18.7 Å². The molecule has 0 unspecified atom stereocenters. The molecule has 0 aliphatic rings. The van der Waals surface area contributed by atoms with Crippen LogP contribution in [0.1, 0.15) is 5.56 Å². The van der Waals surface area contributed by atoms with Crippen LogP contribution in [0.3, 0.4) is 0 Å². The molecule has 0 aliphatic heterocycles. The summed E-state index contributed by atoms with van der Waals surface area (Å²) in [5.74, 6) is 0. The van der Waals surface area contributed by atoms with Crippen LogP contribution in [0.5, 0.6) is 0 Å². The van der Waals surface area contributed by atoms with Gasteiger partial charge in [0, 0.05) is 10.7 Å². The van der Waals surface area contributed by atoms with Crippen LogP contribution >= 0.6 is 31.9 Å². The van der Waals surface area contributed by atoms with Gasteiger partial charge in [-0.25, -0.2) is 0 Å². The second-order valence-corrected chi connectivity index (χ2v) is 10.8. The predicted molar refractivity (Wildman–Crippen MR) is 79.9 cm³/mol. The summed E-state index contributed by atoms with van der Waals surface area (Å²) in [6.45, 7) is 2.22. The Kier molecular flexibility index (Phi) is 5.93. The Bertz CT molecular complexity index is 370. The normalized spacial score (nSPS) is 12.8. The highest BCUT2D eigenvalue weighted by Gasteiger charge is 2.32. The zero-order chi connectivity index (χ0) is 13.8. The van der Waals surface area contributed by atoms with Gasteiger partial charge < -0.3 is 0 Å². The maximum absolute atomic E-state index is 12.5. The van der Waals surface area contributed by atoms with Crippen LogP contribution in [-0.2, 0) is 6.18 Å². The largest absolute Gasteiger partial charge is 0.416 e. The minimum Gasteiger partial charge on any atom is -0.166 e. The minimum absolute atomic E-state index is 0.569. The van der Waals surface area contributed by atoms with Gasteiger partial charge in [-0.3, -0.25) is 0 Å². The lowest BCUT2D eigenvalue weighted by Gasteiger charge is -2.27. The number of hydrogen-bond acceptors (Lipinski definition) is 0. The van der Waals surface area contributed by atoms with Crippen molar-refractivity contribution in [3.63, 3.8) is 0 Å². The van der Waals surface area contributed by atoms with Gasteiger partial charge in [-0.05, 0) is 12.1 Å². The molecule has 0 radical (unpaired) electrons. The molecule has 0 aliphatic carbocycles. The molecule has 18 heavy (non-hydrogen) atoms. The Morgan fingerprint density at radius 2 is 1.44 bits per heavy atom. The molecule has 1 rings (SSSR count). The van der Waals surface area contributed by atoms with E-state index in [9.17, 15) is 13.2 Å². The molecule has 0 fully saturated rings. The molecule has 0 nitrogen and oxygen atoms in total. The van der Waals surface area contributed by atoms with E-state index in [-0.39, 0.29) is 0 Å². The Morgan fingerprint density at radius 1 is 1.00 bits per heavy atom. The van der Waals surface area contributed by atoms with E-state index in [0.717, 1.165) is 27.9 Å². The number of hydrogen-bond donors (Lipinski definition) is 0. The van der Waals surface area contributed by atoms with E-state index < -0.39 is 19.8 Å². The van der Waals surface area contributed by atoms with Crippen molar-refractivity contribution in [2.24, 2.45) is 0 Å². The van der Waals surface area contributed by atoms with Gasteiger partial charge in [-0.1, -0.05) is 67.9 Å². The molecule has 1 aromatic rings. The smallest absolute Gasteiger partial charge is 0.166 e. The summed E-state index contributed by atoms with van der Waals surface area (Å²) < 4.78 is 37.5. The number of alkyl halides is 5. The van der Waals surface area contributed by atoms with Gasteiger partial charge in [0.05, 0.1) is 13.6 Å². The van der Waals surface area contributed by atoms with E-state index in [0.29, 0.717) is 0 Å². The maximum Gasteiger partial charge on any atom is 0.416 e. The molecule has 0 bridgehead atoms. The highest BCUT2D eigenvalue weighted by atomic mass is 79.9. The quantitative estimate of drug-likeness (QED) is 0.490. The molecule has 0 atom stereocenters. The zero-order valence-corrected chi connectivity index (χ0v) is 14.2. The van der Waals surface area contributed by atoms with Crippen molar-refractivity contribution in [2.45, 2.75) is 24.8 Å². The van der Waals surface area contributed by atoms with Crippen LogP contribution in [0.4, 0.5) is 13.2 Å². The predicted octanol–water partition coefficient (Wildman–Crippen LogP) is 4.78. The van der Waals surface area contributed by atoms with E-state index in [1.54, 1.807) is 12.1 Å². The lowest BCUT2D eigenvalue weighted by Crippen LogP contribution is -2.45. The average molecular weight is 404 g/mol. The van der Waals surface area contributed by atoms with Gasteiger partial charge in [0.15, 0.2) is 0 Å².